The van der Waals surface area contributed by atoms with Gasteiger partial charge in [0.05, 0.1) is 24.0 Å². The van der Waals surface area contributed by atoms with Crippen LogP contribution in [0.3, 0.4) is 0 Å². The van der Waals surface area contributed by atoms with Crippen LogP contribution in [0, 0.1) is 0 Å². The second kappa shape index (κ2) is 5.87. The quantitative estimate of drug-likeness (QED) is 0.833. The van der Waals surface area contributed by atoms with Crippen molar-refractivity contribution in [2.24, 2.45) is 0 Å². The Morgan fingerprint density at radius 1 is 1.04 bits per heavy atom. The van der Waals surface area contributed by atoms with Gasteiger partial charge in [-0.05, 0) is 18.4 Å². The molecule has 1 aromatic carbocycles. The lowest BCUT2D eigenvalue weighted by molar-refractivity contribution is -0.0392. The SMILES string of the molecule is O=S1(=O)C2CCCCCC2(N2CCOCC2)C1c1ccccc1. The molecule has 3 atom stereocenters. The molecule has 23 heavy (non-hydrogen) atoms. The number of rotatable bonds is 2. The minimum atomic E-state index is -3.09. The monoisotopic (exact) mass is 335 g/mol. The maximum Gasteiger partial charge on any atom is 0.163 e. The lowest BCUT2D eigenvalue weighted by Crippen LogP contribution is -2.73. The van der Waals surface area contributed by atoms with Crippen molar-refractivity contribution in [3.8, 4) is 0 Å². The Hall–Kier alpha value is -0.910. The van der Waals surface area contributed by atoms with Crippen molar-refractivity contribution in [1.82, 2.24) is 4.90 Å². The summed E-state index contributed by atoms with van der Waals surface area (Å²) in [5.74, 6) is 0. The number of nitrogens with zero attached hydrogens (tertiary/aromatic N) is 1. The number of ether oxygens (including phenoxy) is 1. The fourth-order valence-corrected chi connectivity index (χ4v) is 8.17. The van der Waals surface area contributed by atoms with E-state index < -0.39 is 9.84 Å². The van der Waals surface area contributed by atoms with Crippen LogP contribution in [0.5, 0.6) is 0 Å². The molecule has 0 aromatic heterocycles. The summed E-state index contributed by atoms with van der Waals surface area (Å²) in [6.07, 6.45) is 5.14. The van der Waals surface area contributed by atoms with E-state index in [1.165, 1.54) is 0 Å². The molecule has 3 fully saturated rings. The molecule has 0 N–H and O–H groups in total. The van der Waals surface area contributed by atoms with Gasteiger partial charge in [-0.1, -0.05) is 49.6 Å². The van der Waals surface area contributed by atoms with Crippen molar-refractivity contribution in [2.75, 3.05) is 26.3 Å². The van der Waals surface area contributed by atoms with Gasteiger partial charge in [0.25, 0.3) is 0 Å². The summed E-state index contributed by atoms with van der Waals surface area (Å²) in [5.41, 5.74) is 0.762. The second-order valence-corrected chi connectivity index (χ2v) is 9.28. The third-order valence-corrected chi connectivity index (χ3v) is 8.76. The third-order valence-electron chi connectivity index (χ3n) is 5.98. The van der Waals surface area contributed by atoms with Gasteiger partial charge in [0.15, 0.2) is 9.84 Å². The number of hydrogen-bond acceptors (Lipinski definition) is 4. The van der Waals surface area contributed by atoms with Gasteiger partial charge in [-0.25, -0.2) is 8.42 Å². The lowest BCUT2D eigenvalue weighted by Gasteiger charge is -2.60. The molecule has 4 rings (SSSR count). The second-order valence-electron chi connectivity index (χ2n) is 7.06. The van der Waals surface area contributed by atoms with Gasteiger partial charge in [0.2, 0.25) is 0 Å². The topological polar surface area (TPSA) is 46.6 Å². The number of fused-ring (bicyclic) bond motifs is 1. The molecule has 4 nitrogen and oxygen atoms in total. The van der Waals surface area contributed by atoms with Gasteiger partial charge in [-0.2, -0.15) is 0 Å². The Bertz CT molecular complexity index is 654. The average molecular weight is 335 g/mol. The van der Waals surface area contributed by atoms with Crippen LogP contribution in [0.25, 0.3) is 0 Å². The van der Waals surface area contributed by atoms with Crippen molar-refractivity contribution in [3.63, 3.8) is 0 Å². The first-order chi connectivity index (χ1) is 11.2. The summed E-state index contributed by atoms with van der Waals surface area (Å²) in [5, 5.41) is -0.557. The normalized spacial score (nSPS) is 37.4. The van der Waals surface area contributed by atoms with Gasteiger partial charge in [-0.3, -0.25) is 4.90 Å². The van der Waals surface area contributed by atoms with E-state index >= 15 is 0 Å². The average Bonchev–Trinajstić information content (AvgIpc) is 2.78. The molecule has 3 aliphatic rings. The van der Waals surface area contributed by atoms with Crippen LogP contribution in [0.15, 0.2) is 30.3 Å². The summed E-state index contributed by atoms with van der Waals surface area (Å²) in [6, 6.07) is 9.86. The summed E-state index contributed by atoms with van der Waals surface area (Å²) >= 11 is 0. The van der Waals surface area contributed by atoms with Crippen LogP contribution in [0.2, 0.25) is 0 Å². The Kier molecular flexibility index (Phi) is 3.98. The summed E-state index contributed by atoms with van der Waals surface area (Å²) < 4.78 is 31.8. The molecule has 2 saturated heterocycles. The number of hydrogen-bond donors (Lipinski definition) is 0. The van der Waals surface area contributed by atoms with Gasteiger partial charge in [-0.15, -0.1) is 0 Å². The first kappa shape index (κ1) is 15.6. The minimum absolute atomic E-state index is 0.194. The molecule has 2 heterocycles. The summed E-state index contributed by atoms with van der Waals surface area (Å²) in [6.45, 7) is 3.15. The minimum Gasteiger partial charge on any atom is -0.379 e. The Morgan fingerprint density at radius 2 is 1.78 bits per heavy atom. The van der Waals surface area contributed by atoms with Crippen LogP contribution in [0.4, 0.5) is 0 Å². The van der Waals surface area contributed by atoms with Crippen LogP contribution in [-0.4, -0.2) is 50.4 Å². The lowest BCUT2D eigenvalue weighted by atomic mass is 9.79. The van der Waals surface area contributed by atoms with E-state index in [-0.39, 0.29) is 16.0 Å². The summed E-state index contributed by atoms with van der Waals surface area (Å²) in [7, 11) is -3.09. The highest BCUT2D eigenvalue weighted by Gasteiger charge is 2.68. The van der Waals surface area contributed by atoms with E-state index in [0.717, 1.165) is 64.0 Å². The molecule has 126 valence electrons. The van der Waals surface area contributed by atoms with E-state index in [1.54, 1.807) is 0 Å². The third kappa shape index (κ3) is 2.28. The van der Waals surface area contributed by atoms with Gasteiger partial charge >= 0.3 is 0 Å². The number of morpholine rings is 1. The van der Waals surface area contributed by atoms with Crippen molar-refractivity contribution < 1.29 is 13.2 Å². The van der Waals surface area contributed by atoms with Gasteiger partial charge in [0.1, 0.15) is 5.25 Å². The number of benzene rings is 1. The van der Waals surface area contributed by atoms with Crippen LogP contribution in [0.1, 0.15) is 42.9 Å². The highest BCUT2D eigenvalue weighted by molar-refractivity contribution is 7.94. The fourth-order valence-electron chi connectivity index (χ4n) is 5.06. The van der Waals surface area contributed by atoms with Crippen molar-refractivity contribution >= 4 is 9.84 Å². The molecule has 0 amide bonds. The van der Waals surface area contributed by atoms with Crippen molar-refractivity contribution in [1.29, 1.82) is 0 Å². The zero-order valence-electron chi connectivity index (χ0n) is 13.5. The fraction of sp³-hybridized carbons (Fsp3) is 0.667. The first-order valence-electron chi connectivity index (χ1n) is 8.78. The highest BCUT2D eigenvalue weighted by Crippen LogP contribution is 2.59. The highest BCUT2D eigenvalue weighted by atomic mass is 32.2. The molecule has 2 aliphatic heterocycles. The Labute approximate surface area is 138 Å². The predicted molar refractivity (Wildman–Crippen MR) is 90.1 cm³/mol. The predicted octanol–water partition coefficient (Wildman–Crippen LogP) is 2.56. The molecule has 1 aromatic rings. The van der Waals surface area contributed by atoms with E-state index in [2.05, 4.69) is 4.90 Å². The summed E-state index contributed by atoms with van der Waals surface area (Å²) in [4.78, 5) is 2.45. The zero-order valence-corrected chi connectivity index (χ0v) is 14.3. The van der Waals surface area contributed by atoms with E-state index in [4.69, 9.17) is 4.74 Å². The van der Waals surface area contributed by atoms with Crippen LogP contribution in [-0.2, 0) is 14.6 Å². The molecule has 3 unspecified atom stereocenters. The van der Waals surface area contributed by atoms with E-state index in [9.17, 15) is 8.42 Å². The van der Waals surface area contributed by atoms with Gasteiger partial charge < -0.3 is 4.74 Å². The molecule has 0 spiro atoms. The Balaban J connectivity index is 1.81. The largest absolute Gasteiger partial charge is 0.379 e. The van der Waals surface area contributed by atoms with Crippen LogP contribution < -0.4 is 0 Å². The molecule has 5 heteroatoms. The number of sulfone groups is 1. The van der Waals surface area contributed by atoms with Crippen molar-refractivity contribution in [2.45, 2.75) is 48.1 Å². The Morgan fingerprint density at radius 3 is 2.52 bits per heavy atom. The maximum atomic E-state index is 13.1. The molecule has 1 aliphatic carbocycles. The maximum absolute atomic E-state index is 13.1. The van der Waals surface area contributed by atoms with E-state index in [0.29, 0.717) is 0 Å². The first-order valence-corrected chi connectivity index (χ1v) is 10.4. The van der Waals surface area contributed by atoms with Gasteiger partial charge in [0, 0.05) is 13.1 Å². The smallest absolute Gasteiger partial charge is 0.163 e. The molecule has 0 bridgehead atoms. The molecule has 1 saturated carbocycles. The van der Waals surface area contributed by atoms with Crippen LogP contribution >= 0.6 is 0 Å². The van der Waals surface area contributed by atoms with Crippen molar-refractivity contribution in [3.05, 3.63) is 35.9 Å². The molecular formula is C18H25NO3S. The standard InChI is InChI=1S/C18H25NO3S/c20-23(21)16-9-5-2-6-10-18(16,19-11-13-22-14-12-19)17(23)15-7-3-1-4-8-15/h1,3-4,7-8,16-17H,2,5-6,9-14H2. The zero-order chi connectivity index (χ0) is 15.9. The molecular weight excluding hydrogens is 310 g/mol. The molecule has 0 radical (unpaired) electrons. The van der Waals surface area contributed by atoms with E-state index in [1.807, 2.05) is 30.3 Å².